The molecular weight excluding hydrogens is 614 g/mol. The minimum Gasteiger partial charge on any atom is -0.467 e. The van der Waals surface area contributed by atoms with Crippen LogP contribution in [-0.2, 0) is 16.0 Å². The lowest BCUT2D eigenvalue weighted by molar-refractivity contribution is -0.143. The van der Waals surface area contributed by atoms with Crippen molar-refractivity contribution >= 4 is 35.1 Å². The molecule has 0 spiro atoms. The van der Waals surface area contributed by atoms with Gasteiger partial charge in [-0.1, -0.05) is 13.0 Å². The second kappa shape index (κ2) is 13.0. The number of carbonyl (C=O) groups is 3. The minimum atomic E-state index is -4.85. The number of carbonyl (C=O) groups excluding carboxylic acids is 3. The quantitative estimate of drug-likeness (QED) is 0.180. The molecule has 1 aliphatic heterocycles. The molecule has 3 amide bonds. The van der Waals surface area contributed by atoms with Gasteiger partial charge in [-0.25, -0.2) is 32.6 Å². The van der Waals surface area contributed by atoms with Gasteiger partial charge in [0.1, 0.15) is 29.3 Å². The number of hydrogen-bond donors (Lipinski definition) is 3. The number of esters is 1. The highest BCUT2D eigenvalue weighted by Gasteiger charge is 2.40. The molecule has 0 fully saturated rings. The maximum atomic E-state index is 14.8. The SMILES string of the molecule is CC[C@@H](Nc1cc(F)c(C(=O)N[C@@H](Cc2ccc(N3C(=O)N(C)c4cnccc4C3O)nc2)C(=O)OC)c(F)c1F)C(F)(F)F. The van der Waals surface area contributed by atoms with E-state index in [0.29, 0.717) is 11.3 Å². The summed E-state index contributed by atoms with van der Waals surface area (Å²) in [6.07, 6.45) is -3.12. The van der Waals surface area contributed by atoms with E-state index in [-0.39, 0.29) is 23.9 Å². The van der Waals surface area contributed by atoms with Crippen molar-refractivity contribution in [2.75, 3.05) is 29.3 Å². The first-order valence-corrected chi connectivity index (χ1v) is 13.2. The zero-order valence-electron chi connectivity index (χ0n) is 23.8. The summed E-state index contributed by atoms with van der Waals surface area (Å²) in [6.45, 7) is 1.12. The van der Waals surface area contributed by atoms with Gasteiger partial charge in [-0.2, -0.15) is 13.2 Å². The van der Waals surface area contributed by atoms with Gasteiger partial charge in [0.15, 0.2) is 17.9 Å². The number of fused-ring (bicyclic) bond motifs is 1. The third kappa shape index (κ3) is 6.62. The molecule has 3 N–H and O–H groups in total. The molecule has 4 rings (SSSR count). The number of pyridine rings is 2. The van der Waals surface area contributed by atoms with Crippen LogP contribution in [0, 0.1) is 17.5 Å². The normalized spacial score (nSPS) is 16.1. The molecule has 0 aliphatic carbocycles. The number of halogens is 6. The summed E-state index contributed by atoms with van der Waals surface area (Å²) in [4.78, 5) is 48.6. The van der Waals surface area contributed by atoms with E-state index >= 15 is 0 Å². The summed E-state index contributed by atoms with van der Waals surface area (Å²) in [5.41, 5.74) is -1.58. The first-order chi connectivity index (χ1) is 21.2. The Labute approximate surface area is 251 Å². The summed E-state index contributed by atoms with van der Waals surface area (Å²) in [7, 11) is 2.45. The molecule has 45 heavy (non-hydrogen) atoms. The predicted octanol–water partition coefficient (Wildman–Crippen LogP) is 4.23. The molecule has 240 valence electrons. The Hall–Kier alpha value is -4.93. The van der Waals surface area contributed by atoms with Crippen molar-refractivity contribution in [1.29, 1.82) is 0 Å². The molecule has 1 aromatic carbocycles. The molecule has 0 saturated carbocycles. The van der Waals surface area contributed by atoms with E-state index in [9.17, 15) is 45.8 Å². The van der Waals surface area contributed by atoms with Crippen molar-refractivity contribution in [3.63, 3.8) is 0 Å². The van der Waals surface area contributed by atoms with Crippen molar-refractivity contribution in [2.24, 2.45) is 0 Å². The number of benzene rings is 1. The lowest BCUT2D eigenvalue weighted by Crippen LogP contribution is -2.48. The summed E-state index contributed by atoms with van der Waals surface area (Å²) in [5, 5.41) is 14.6. The number of aromatic nitrogens is 2. The van der Waals surface area contributed by atoms with Crippen LogP contribution in [0.2, 0.25) is 0 Å². The highest BCUT2D eigenvalue weighted by atomic mass is 19.4. The smallest absolute Gasteiger partial charge is 0.408 e. The maximum Gasteiger partial charge on any atom is 0.408 e. The third-order valence-corrected chi connectivity index (χ3v) is 7.02. The monoisotopic (exact) mass is 640 g/mol. The fourth-order valence-corrected chi connectivity index (χ4v) is 4.62. The van der Waals surface area contributed by atoms with E-state index in [1.807, 2.05) is 5.32 Å². The number of anilines is 3. The predicted molar refractivity (Wildman–Crippen MR) is 147 cm³/mol. The number of methoxy groups -OCH3 is 1. The Morgan fingerprint density at radius 1 is 1.13 bits per heavy atom. The standard InChI is InChI=1S/C28H26F6N6O5/c1-4-19(28(32,33)34)37-16-10-15(29)21(23(31)22(16)30)24(41)38-17(26(43)45-3)9-13-5-6-20(36-11-13)40-25(42)14-7-8-35-12-18(14)39(2)27(40)44/h5-8,10-12,17,19,25,37,42H,4,9H2,1-3H3,(H,38,41)/t17-,19+,25?/m0/s1. The Morgan fingerprint density at radius 3 is 2.44 bits per heavy atom. The van der Waals surface area contributed by atoms with Gasteiger partial charge in [-0.15, -0.1) is 0 Å². The van der Waals surface area contributed by atoms with E-state index in [2.05, 4.69) is 14.7 Å². The fourth-order valence-electron chi connectivity index (χ4n) is 4.62. The molecule has 0 saturated heterocycles. The molecule has 0 radical (unpaired) electrons. The van der Waals surface area contributed by atoms with Crippen LogP contribution in [0.5, 0.6) is 0 Å². The number of urea groups is 1. The van der Waals surface area contributed by atoms with Crippen LogP contribution in [0.4, 0.5) is 48.3 Å². The second-order valence-corrected chi connectivity index (χ2v) is 9.85. The van der Waals surface area contributed by atoms with Crippen LogP contribution in [0.25, 0.3) is 0 Å². The fraction of sp³-hybridized carbons (Fsp3) is 0.321. The third-order valence-electron chi connectivity index (χ3n) is 7.02. The lowest BCUT2D eigenvalue weighted by Gasteiger charge is -2.37. The number of nitrogens with zero attached hydrogens (tertiary/aromatic N) is 4. The van der Waals surface area contributed by atoms with Crippen LogP contribution >= 0.6 is 0 Å². The Morgan fingerprint density at radius 2 is 1.84 bits per heavy atom. The van der Waals surface area contributed by atoms with Gasteiger partial charge in [0.25, 0.3) is 5.91 Å². The number of nitrogens with one attached hydrogen (secondary N) is 2. The number of amides is 3. The molecule has 0 bridgehead atoms. The Balaban J connectivity index is 1.54. The highest BCUT2D eigenvalue weighted by Crippen LogP contribution is 2.36. The molecule has 3 heterocycles. The summed E-state index contributed by atoms with van der Waals surface area (Å²) < 4.78 is 88.1. The molecule has 1 aliphatic rings. The van der Waals surface area contributed by atoms with E-state index < -0.39 is 77.5 Å². The van der Waals surface area contributed by atoms with Gasteiger partial charge in [0, 0.05) is 37.5 Å². The maximum absolute atomic E-state index is 14.8. The van der Waals surface area contributed by atoms with Crippen LogP contribution in [0.15, 0.2) is 42.9 Å². The largest absolute Gasteiger partial charge is 0.467 e. The van der Waals surface area contributed by atoms with Crippen LogP contribution < -0.4 is 20.4 Å². The van der Waals surface area contributed by atoms with Crippen molar-refractivity contribution in [3.05, 3.63) is 77.0 Å². The van der Waals surface area contributed by atoms with Crippen LogP contribution in [0.1, 0.15) is 41.1 Å². The highest BCUT2D eigenvalue weighted by molar-refractivity contribution is 6.05. The van der Waals surface area contributed by atoms with Crippen molar-refractivity contribution < 1.29 is 50.6 Å². The van der Waals surface area contributed by atoms with Gasteiger partial charge in [-0.05, 0) is 24.1 Å². The molecule has 1 unspecified atom stereocenters. The van der Waals surface area contributed by atoms with E-state index in [0.717, 1.165) is 18.9 Å². The zero-order chi connectivity index (χ0) is 33.2. The molecule has 11 nitrogen and oxygen atoms in total. The van der Waals surface area contributed by atoms with Crippen molar-refractivity contribution in [3.8, 4) is 0 Å². The molecule has 3 atom stereocenters. The van der Waals surface area contributed by atoms with E-state index in [4.69, 9.17) is 0 Å². The molecule has 17 heteroatoms. The van der Waals surface area contributed by atoms with Crippen molar-refractivity contribution in [1.82, 2.24) is 15.3 Å². The van der Waals surface area contributed by atoms with Gasteiger partial charge in [0.2, 0.25) is 0 Å². The van der Waals surface area contributed by atoms with Gasteiger partial charge in [0.05, 0.1) is 24.7 Å². The molecular formula is C28H26F6N6O5. The average molecular weight is 641 g/mol. The first kappa shape index (κ1) is 33.0. The second-order valence-electron chi connectivity index (χ2n) is 9.85. The Bertz CT molecular complexity index is 1610. The average Bonchev–Trinajstić information content (AvgIpc) is 3.00. The number of aliphatic hydroxyl groups excluding tert-OH is 1. The van der Waals surface area contributed by atoms with Crippen LogP contribution in [-0.4, -0.2) is 65.4 Å². The summed E-state index contributed by atoms with van der Waals surface area (Å²) in [5.74, 6) is -8.32. The number of rotatable bonds is 9. The molecule has 2 aromatic heterocycles. The molecule has 3 aromatic rings. The summed E-state index contributed by atoms with van der Waals surface area (Å²) >= 11 is 0. The van der Waals surface area contributed by atoms with E-state index in [1.165, 1.54) is 48.7 Å². The minimum absolute atomic E-state index is 0.0216. The topological polar surface area (TPSA) is 137 Å². The van der Waals surface area contributed by atoms with Crippen LogP contribution in [0.3, 0.4) is 0 Å². The Kier molecular flexibility index (Phi) is 9.50. The van der Waals surface area contributed by atoms with E-state index in [1.54, 1.807) is 5.32 Å². The van der Waals surface area contributed by atoms with Gasteiger partial charge in [-0.3, -0.25) is 14.7 Å². The number of alkyl halides is 3. The van der Waals surface area contributed by atoms with Gasteiger partial charge >= 0.3 is 18.2 Å². The summed E-state index contributed by atoms with van der Waals surface area (Å²) in [6, 6.07) is -0.0446. The number of ether oxygens (including phenoxy) is 1. The number of aliphatic hydroxyl groups is 1. The zero-order valence-corrected chi connectivity index (χ0v) is 23.8. The lowest BCUT2D eigenvalue weighted by atomic mass is 10.1. The van der Waals surface area contributed by atoms with Gasteiger partial charge < -0.3 is 20.5 Å². The number of hydrogen-bond acceptors (Lipinski definition) is 8. The first-order valence-electron chi connectivity index (χ1n) is 13.2. The van der Waals surface area contributed by atoms with Crippen molar-refractivity contribution in [2.45, 2.75) is 44.3 Å².